The molecular formula is C21H34O2. The van der Waals surface area contributed by atoms with Crippen LogP contribution in [-0.2, 0) is 6.42 Å². The zero-order valence-corrected chi connectivity index (χ0v) is 14.9. The van der Waals surface area contributed by atoms with Crippen molar-refractivity contribution in [3.05, 3.63) is 29.3 Å². The van der Waals surface area contributed by atoms with Crippen LogP contribution in [0, 0.1) is 0 Å². The van der Waals surface area contributed by atoms with Crippen molar-refractivity contribution in [3.63, 3.8) is 0 Å². The number of benzene rings is 1. The number of carbonyl (C=O) groups excluding carboxylic acids is 1. The molecule has 0 amide bonds. The number of hydrogen-bond donors (Lipinski definition) is 1. The molecule has 0 aliphatic carbocycles. The normalized spacial score (nSPS) is 10.8. The van der Waals surface area contributed by atoms with Crippen molar-refractivity contribution in [2.24, 2.45) is 0 Å². The van der Waals surface area contributed by atoms with Crippen LogP contribution in [0.25, 0.3) is 0 Å². The average molecular weight is 319 g/mol. The standard InChI is InChI=1S/C21H34O2/c1-2-3-4-5-6-7-8-9-10-11-12-13-14-19-15-16-21(23)20(17-19)18-22/h15-18,23H,2-14H2,1H3. The molecule has 0 aliphatic heterocycles. The molecule has 1 N–H and O–H groups in total. The maximum atomic E-state index is 10.8. The second-order valence-corrected chi connectivity index (χ2v) is 6.65. The Hall–Kier alpha value is -1.31. The molecule has 0 aromatic heterocycles. The van der Waals surface area contributed by atoms with Crippen molar-refractivity contribution >= 4 is 6.29 Å². The molecule has 0 heterocycles. The summed E-state index contributed by atoms with van der Waals surface area (Å²) in [5.41, 5.74) is 1.55. The second-order valence-electron chi connectivity index (χ2n) is 6.65. The first kappa shape index (κ1) is 19.7. The number of aromatic hydroxyl groups is 1. The van der Waals surface area contributed by atoms with Crippen molar-refractivity contribution in [1.29, 1.82) is 0 Å². The van der Waals surface area contributed by atoms with E-state index < -0.39 is 0 Å². The SMILES string of the molecule is CCCCCCCCCCCCCCc1ccc(O)c(C=O)c1. The molecule has 0 fully saturated rings. The maximum Gasteiger partial charge on any atom is 0.153 e. The molecule has 0 unspecified atom stereocenters. The maximum absolute atomic E-state index is 10.8. The van der Waals surface area contributed by atoms with Gasteiger partial charge in [0.15, 0.2) is 6.29 Å². The van der Waals surface area contributed by atoms with Gasteiger partial charge >= 0.3 is 0 Å². The minimum atomic E-state index is 0.0819. The van der Waals surface area contributed by atoms with Gasteiger partial charge in [-0.2, -0.15) is 0 Å². The molecule has 0 bridgehead atoms. The van der Waals surface area contributed by atoms with E-state index in [9.17, 15) is 9.90 Å². The van der Waals surface area contributed by atoms with Gasteiger partial charge < -0.3 is 5.11 Å². The van der Waals surface area contributed by atoms with Gasteiger partial charge in [-0.05, 0) is 30.5 Å². The lowest BCUT2D eigenvalue weighted by Gasteiger charge is -2.05. The molecule has 1 rings (SSSR count). The molecule has 130 valence electrons. The Bertz CT molecular complexity index is 426. The predicted molar refractivity (Wildman–Crippen MR) is 98.3 cm³/mol. The summed E-state index contributed by atoms with van der Waals surface area (Å²) < 4.78 is 0. The number of carbonyl (C=O) groups is 1. The van der Waals surface area contributed by atoms with E-state index >= 15 is 0 Å². The second kappa shape index (κ2) is 13.2. The van der Waals surface area contributed by atoms with Crippen LogP contribution in [0.2, 0.25) is 0 Å². The summed E-state index contributed by atoms with van der Waals surface area (Å²) in [7, 11) is 0. The van der Waals surface area contributed by atoms with E-state index in [0.29, 0.717) is 5.56 Å². The molecular weight excluding hydrogens is 284 g/mol. The molecule has 0 radical (unpaired) electrons. The van der Waals surface area contributed by atoms with Crippen LogP contribution in [0.3, 0.4) is 0 Å². The number of aryl methyl sites for hydroxylation is 1. The van der Waals surface area contributed by atoms with E-state index in [1.165, 1.54) is 77.0 Å². The van der Waals surface area contributed by atoms with Crippen LogP contribution in [0.5, 0.6) is 5.75 Å². The van der Waals surface area contributed by atoms with E-state index in [4.69, 9.17) is 0 Å². The van der Waals surface area contributed by atoms with Crippen LogP contribution in [0.4, 0.5) is 0 Å². The Morgan fingerprint density at radius 1 is 0.826 bits per heavy atom. The third-order valence-corrected chi connectivity index (χ3v) is 4.54. The quantitative estimate of drug-likeness (QED) is 0.316. The zero-order chi connectivity index (χ0) is 16.8. The van der Waals surface area contributed by atoms with Crippen LogP contribution in [0.15, 0.2) is 18.2 Å². The molecule has 2 nitrogen and oxygen atoms in total. The summed E-state index contributed by atoms with van der Waals surface area (Å²) in [6.45, 7) is 2.27. The summed E-state index contributed by atoms with van der Waals surface area (Å²) in [5.74, 6) is 0.0819. The third kappa shape index (κ3) is 9.43. The van der Waals surface area contributed by atoms with E-state index in [1.807, 2.05) is 6.07 Å². The van der Waals surface area contributed by atoms with Crippen molar-refractivity contribution in [2.75, 3.05) is 0 Å². The van der Waals surface area contributed by atoms with Gasteiger partial charge in [0, 0.05) is 0 Å². The minimum Gasteiger partial charge on any atom is -0.507 e. The van der Waals surface area contributed by atoms with Crippen molar-refractivity contribution in [3.8, 4) is 5.75 Å². The van der Waals surface area contributed by atoms with Crippen molar-refractivity contribution in [2.45, 2.75) is 90.4 Å². The fourth-order valence-electron chi connectivity index (χ4n) is 3.02. The Kier molecular flexibility index (Phi) is 11.3. The van der Waals surface area contributed by atoms with Gasteiger partial charge in [-0.25, -0.2) is 0 Å². The first-order valence-corrected chi connectivity index (χ1v) is 9.55. The monoisotopic (exact) mass is 318 g/mol. The number of aldehydes is 1. The highest BCUT2D eigenvalue weighted by molar-refractivity contribution is 5.79. The topological polar surface area (TPSA) is 37.3 Å². The van der Waals surface area contributed by atoms with Gasteiger partial charge in [0.1, 0.15) is 5.75 Å². The summed E-state index contributed by atoms with van der Waals surface area (Å²) in [6.07, 6.45) is 18.0. The highest BCUT2D eigenvalue weighted by Crippen LogP contribution is 2.18. The van der Waals surface area contributed by atoms with Crippen LogP contribution >= 0.6 is 0 Å². The smallest absolute Gasteiger partial charge is 0.153 e. The van der Waals surface area contributed by atoms with E-state index in [0.717, 1.165) is 18.3 Å². The van der Waals surface area contributed by atoms with Gasteiger partial charge in [0.05, 0.1) is 5.56 Å². The Morgan fingerprint density at radius 3 is 1.87 bits per heavy atom. The van der Waals surface area contributed by atoms with E-state index in [2.05, 4.69) is 6.92 Å². The fourth-order valence-corrected chi connectivity index (χ4v) is 3.02. The van der Waals surface area contributed by atoms with Crippen molar-refractivity contribution in [1.82, 2.24) is 0 Å². The minimum absolute atomic E-state index is 0.0819. The van der Waals surface area contributed by atoms with Gasteiger partial charge in [0.25, 0.3) is 0 Å². The Balaban J connectivity index is 1.94. The molecule has 0 saturated carbocycles. The lowest BCUT2D eigenvalue weighted by molar-refractivity contribution is 0.112. The van der Waals surface area contributed by atoms with Crippen LogP contribution in [-0.4, -0.2) is 11.4 Å². The summed E-state index contributed by atoms with van der Waals surface area (Å²) in [6, 6.07) is 5.35. The summed E-state index contributed by atoms with van der Waals surface area (Å²) >= 11 is 0. The van der Waals surface area contributed by atoms with Gasteiger partial charge in [0.2, 0.25) is 0 Å². The summed E-state index contributed by atoms with van der Waals surface area (Å²) in [5, 5.41) is 9.48. The van der Waals surface area contributed by atoms with Crippen LogP contribution in [0.1, 0.15) is 99.9 Å². The molecule has 23 heavy (non-hydrogen) atoms. The molecule has 0 spiro atoms. The number of hydrogen-bond acceptors (Lipinski definition) is 2. The molecule has 0 aliphatic rings. The molecule has 2 heteroatoms. The first-order chi connectivity index (χ1) is 11.3. The lowest BCUT2D eigenvalue weighted by atomic mass is 10.0. The lowest BCUT2D eigenvalue weighted by Crippen LogP contribution is -1.89. The Morgan fingerprint density at radius 2 is 1.35 bits per heavy atom. The van der Waals surface area contributed by atoms with Crippen molar-refractivity contribution < 1.29 is 9.90 Å². The third-order valence-electron chi connectivity index (χ3n) is 4.54. The largest absolute Gasteiger partial charge is 0.507 e. The van der Waals surface area contributed by atoms with Gasteiger partial charge in [-0.15, -0.1) is 0 Å². The number of unbranched alkanes of at least 4 members (excludes halogenated alkanes) is 11. The number of phenols is 1. The average Bonchev–Trinajstić information content (AvgIpc) is 2.57. The van der Waals surface area contributed by atoms with Gasteiger partial charge in [-0.3, -0.25) is 4.79 Å². The fraction of sp³-hybridized carbons (Fsp3) is 0.667. The number of rotatable bonds is 14. The molecule has 0 atom stereocenters. The molecule has 1 aromatic carbocycles. The molecule has 1 aromatic rings. The highest BCUT2D eigenvalue weighted by Gasteiger charge is 2.01. The first-order valence-electron chi connectivity index (χ1n) is 9.55. The van der Waals surface area contributed by atoms with Crippen LogP contribution < -0.4 is 0 Å². The van der Waals surface area contributed by atoms with Gasteiger partial charge in [-0.1, -0.05) is 83.6 Å². The highest BCUT2D eigenvalue weighted by atomic mass is 16.3. The molecule has 0 saturated heterocycles. The number of phenolic OH excluding ortho intramolecular Hbond substituents is 1. The zero-order valence-electron chi connectivity index (χ0n) is 14.9. The Labute approximate surface area is 142 Å². The summed E-state index contributed by atoms with van der Waals surface area (Å²) in [4.78, 5) is 10.8. The van der Waals surface area contributed by atoms with E-state index in [1.54, 1.807) is 12.1 Å². The van der Waals surface area contributed by atoms with E-state index in [-0.39, 0.29) is 5.75 Å². The predicted octanol–water partition coefficient (Wildman–Crippen LogP) is 6.45.